The van der Waals surface area contributed by atoms with E-state index in [4.69, 9.17) is 17.2 Å². The van der Waals surface area contributed by atoms with E-state index in [0.29, 0.717) is 6.42 Å². The molecule has 0 saturated heterocycles. The second-order valence-corrected chi connectivity index (χ2v) is 7.26. The summed E-state index contributed by atoms with van der Waals surface area (Å²) >= 11 is 0. The van der Waals surface area contributed by atoms with E-state index >= 15 is 0 Å². The van der Waals surface area contributed by atoms with E-state index in [9.17, 15) is 19.5 Å². The number of nitrogens with one attached hydrogen (secondary N) is 3. The number of carbonyl (C=O) groups is 3. The molecule has 2 rings (SSSR count). The Bertz CT molecular complexity index is 950. The molecule has 0 aliphatic carbocycles. The minimum Gasteiger partial charge on any atom is -0.480 e. The van der Waals surface area contributed by atoms with Gasteiger partial charge in [0.2, 0.25) is 11.8 Å². The van der Waals surface area contributed by atoms with E-state index in [1.165, 1.54) is 6.92 Å². The molecule has 0 aliphatic rings. The number of aromatic amines is 1. The molecule has 0 unspecified atom stereocenters. The lowest BCUT2D eigenvalue weighted by molar-refractivity contribution is -0.142. The standard InChI is InChI=1S/C20H29N7O4/c1-11(21)17(28)26-15(7-4-8-24-20(22)23)18(29)27-16(19(30)31)9-12-10-25-14-6-3-2-5-13(12)14/h2-3,5-6,10-11,15-16,25H,4,7-9,21H2,1H3,(H,26,28)(H,27,29)(H,30,31)(H4,22,23,24)/t11-,15-,16-/m0/s1. The normalized spacial score (nSPS) is 13.7. The van der Waals surface area contributed by atoms with Crippen LogP contribution in [-0.2, 0) is 20.8 Å². The summed E-state index contributed by atoms with van der Waals surface area (Å²) in [6.07, 6.45) is 2.40. The van der Waals surface area contributed by atoms with E-state index in [1.54, 1.807) is 6.20 Å². The number of para-hydroxylation sites is 1. The second kappa shape index (κ2) is 11.0. The maximum Gasteiger partial charge on any atom is 0.326 e. The van der Waals surface area contributed by atoms with Crippen LogP contribution in [-0.4, -0.2) is 58.5 Å². The van der Waals surface area contributed by atoms with Gasteiger partial charge < -0.3 is 37.9 Å². The summed E-state index contributed by atoms with van der Waals surface area (Å²) in [5.41, 5.74) is 17.8. The molecule has 0 spiro atoms. The van der Waals surface area contributed by atoms with Crippen molar-refractivity contribution in [1.29, 1.82) is 0 Å². The first-order valence-corrected chi connectivity index (χ1v) is 9.88. The van der Waals surface area contributed by atoms with Crippen LogP contribution >= 0.6 is 0 Å². The van der Waals surface area contributed by atoms with Crippen molar-refractivity contribution in [1.82, 2.24) is 15.6 Å². The summed E-state index contributed by atoms with van der Waals surface area (Å²) < 4.78 is 0. The average Bonchev–Trinajstić information content (AvgIpc) is 3.12. The Balaban J connectivity index is 2.11. The molecule has 0 fully saturated rings. The summed E-state index contributed by atoms with van der Waals surface area (Å²) in [7, 11) is 0. The lowest BCUT2D eigenvalue weighted by Gasteiger charge is -2.22. The van der Waals surface area contributed by atoms with Gasteiger partial charge in [-0.2, -0.15) is 0 Å². The fourth-order valence-electron chi connectivity index (χ4n) is 3.07. The highest BCUT2D eigenvalue weighted by molar-refractivity contribution is 5.92. The number of rotatable bonds is 11. The number of aromatic nitrogens is 1. The van der Waals surface area contributed by atoms with Crippen molar-refractivity contribution in [2.45, 2.75) is 44.3 Å². The highest BCUT2D eigenvalue weighted by Gasteiger charge is 2.27. The van der Waals surface area contributed by atoms with E-state index in [2.05, 4.69) is 20.6 Å². The molecule has 0 bridgehead atoms. The van der Waals surface area contributed by atoms with E-state index in [1.807, 2.05) is 24.3 Å². The van der Waals surface area contributed by atoms with Crippen LogP contribution in [0.2, 0.25) is 0 Å². The molecular weight excluding hydrogens is 402 g/mol. The Morgan fingerprint density at radius 3 is 2.45 bits per heavy atom. The minimum atomic E-state index is -1.18. The van der Waals surface area contributed by atoms with E-state index in [-0.39, 0.29) is 25.3 Å². The van der Waals surface area contributed by atoms with Crippen molar-refractivity contribution in [3.8, 4) is 0 Å². The molecule has 11 heteroatoms. The van der Waals surface area contributed by atoms with Crippen LogP contribution in [0.5, 0.6) is 0 Å². The molecule has 3 atom stereocenters. The van der Waals surface area contributed by atoms with Crippen molar-refractivity contribution in [2.24, 2.45) is 22.2 Å². The van der Waals surface area contributed by atoms with Crippen LogP contribution in [0, 0.1) is 0 Å². The number of aliphatic imine (C=N–C) groups is 1. The number of hydrogen-bond acceptors (Lipinski definition) is 5. The van der Waals surface area contributed by atoms with Crippen molar-refractivity contribution in [3.05, 3.63) is 36.0 Å². The molecule has 0 aliphatic heterocycles. The predicted molar refractivity (Wildman–Crippen MR) is 117 cm³/mol. The molecular formula is C20H29N7O4. The fraction of sp³-hybridized carbons (Fsp3) is 0.400. The highest BCUT2D eigenvalue weighted by atomic mass is 16.4. The molecule has 0 saturated carbocycles. The molecule has 10 N–H and O–H groups in total. The quantitative estimate of drug-likeness (QED) is 0.136. The Labute approximate surface area is 179 Å². The summed E-state index contributed by atoms with van der Waals surface area (Å²) in [6, 6.07) is 4.49. The molecule has 2 amide bonds. The number of guanidine groups is 1. The van der Waals surface area contributed by atoms with Crippen LogP contribution in [0.15, 0.2) is 35.5 Å². The molecule has 11 nitrogen and oxygen atoms in total. The summed E-state index contributed by atoms with van der Waals surface area (Å²) in [5, 5.41) is 15.6. The van der Waals surface area contributed by atoms with Crippen LogP contribution in [0.4, 0.5) is 0 Å². The third-order valence-corrected chi connectivity index (χ3v) is 4.71. The number of carboxylic acid groups (broad SMARTS) is 1. The van der Waals surface area contributed by atoms with Gasteiger partial charge in [0.05, 0.1) is 6.04 Å². The SMILES string of the molecule is C[C@H](N)C(=O)N[C@@H](CCCN=C(N)N)C(=O)N[C@@H](Cc1c[nH]c2ccccc12)C(=O)O. The topological polar surface area (TPSA) is 202 Å². The van der Waals surface area contributed by atoms with Crippen LogP contribution in [0.3, 0.4) is 0 Å². The lowest BCUT2D eigenvalue weighted by Crippen LogP contribution is -2.54. The number of nitrogens with two attached hydrogens (primary N) is 3. The number of amides is 2. The van der Waals surface area contributed by atoms with Gasteiger partial charge >= 0.3 is 5.97 Å². The second-order valence-electron chi connectivity index (χ2n) is 7.26. The van der Waals surface area contributed by atoms with Crippen molar-refractivity contribution >= 4 is 34.6 Å². The number of carboxylic acids is 1. The third-order valence-electron chi connectivity index (χ3n) is 4.71. The minimum absolute atomic E-state index is 0.0764. The zero-order valence-corrected chi connectivity index (χ0v) is 17.3. The first-order chi connectivity index (χ1) is 14.7. The first-order valence-electron chi connectivity index (χ1n) is 9.88. The number of fused-ring (bicyclic) bond motifs is 1. The van der Waals surface area contributed by atoms with Gasteiger partial charge in [-0.3, -0.25) is 14.6 Å². The number of benzene rings is 1. The first kappa shape index (κ1) is 23.7. The number of H-pyrrole nitrogens is 1. The summed E-state index contributed by atoms with van der Waals surface area (Å²) in [6.45, 7) is 1.75. The predicted octanol–water partition coefficient (Wildman–Crippen LogP) is -0.835. The number of hydrogen-bond donors (Lipinski definition) is 7. The molecule has 0 radical (unpaired) electrons. The van der Waals surface area contributed by atoms with Gasteiger partial charge in [0.1, 0.15) is 12.1 Å². The van der Waals surface area contributed by atoms with Gasteiger partial charge in [-0.05, 0) is 31.4 Å². The Kier molecular flexibility index (Phi) is 8.38. The fourth-order valence-corrected chi connectivity index (χ4v) is 3.07. The van der Waals surface area contributed by atoms with Gasteiger partial charge in [0.15, 0.2) is 5.96 Å². The van der Waals surface area contributed by atoms with Crippen molar-refractivity contribution < 1.29 is 19.5 Å². The third kappa shape index (κ3) is 7.00. The maximum atomic E-state index is 12.8. The van der Waals surface area contributed by atoms with Crippen LogP contribution in [0.25, 0.3) is 10.9 Å². The van der Waals surface area contributed by atoms with Gasteiger partial charge in [-0.1, -0.05) is 18.2 Å². The molecule has 1 aromatic heterocycles. The lowest BCUT2D eigenvalue weighted by atomic mass is 10.0. The molecule has 168 valence electrons. The Hall–Kier alpha value is -3.60. The smallest absolute Gasteiger partial charge is 0.326 e. The summed E-state index contributed by atoms with van der Waals surface area (Å²) in [5.74, 6) is -2.40. The number of nitrogens with zero attached hydrogens (tertiary/aromatic N) is 1. The largest absolute Gasteiger partial charge is 0.480 e. The molecule has 1 heterocycles. The van der Waals surface area contributed by atoms with E-state index in [0.717, 1.165) is 16.5 Å². The van der Waals surface area contributed by atoms with Gasteiger partial charge in [-0.25, -0.2) is 4.79 Å². The average molecular weight is 431 g/mol. The van der Waals surface area contributed by atoms with E-state index < -0.39 is 35.9 Å². The van der Waals surface area contributed by atoms with Gasteiger partial charge in [0, 0.05) is 30.1 Å². The van der Waals surface area contributed by atoms with Crippen LogP contribution < -0.4 is 27.8 Å². The monoisotopic (exact) mass is 431 g/mol. The van der Waals surface area contributed by atoms with Crippen LogP contribution in [0.1, 0.15) is 25.3 Å². The van der Waals surface area contributed by atoms with Gasteiger partial charge in [0.25, 0.3) is 0 Å². The number of carbonyl (C=O) groups excluding carboxylic acids is 2. The molecule has 1 aromatic carbocycles. The van der Waals surface area contributed by atoms with Crippen molar-refractivity contribution in [2.75, 3.05) is 6.54 Å². The Morgan fingerprint density at radius 1 is 1.13 bits per heavy atom. The zero-order chi connectivity index (χ0) is 23.0. The Morgan fingerprint density at radius 2 is 1.81 bits per heavy atom. The maximum absolute atomic E-state index is 12.8. The van der Waals surface area contributed by atoms with Crippen molar-refractivity contribution in [3.63, 3.8) is 0 Å². The molecule has 2 aromatic rings. The summed E-state index contributed by atoms with van der Waals surface area (Å²) in [4.78, 5) is 43.6. The number of aliphatic carboxylic acids is 1. The molecule has 31 heavy (non-hydrogen) atoms. The van der Waals surface area contributed by atoms with Gasteiger partial charge in [-0.15, -0.1) is 0 Å². The zero-order valence-electron chi connectivity index (χ0n) is 17.3. The highest BCUT2D eigenvalue weighted by Crippen LogP contribution is 2.19.